The number of azo groups is 2. The Kier molecular flexibility index (Phi) is 7.28. The molecule has 9 nitrogen and oxygen atoms in total. The van der Waals surface area contributed by atoms with Crippen LogP contribution in [0.4, 0.5) is 39.8 Å². The van der Waals surface area contributed by atoms with Gasteiger partial charge in [0.15, 0.2) is 5.75 Å². The van der Waals surface area contributed by atoms with Crippen LogP contribution < -0.4 is 15.8 Å². The van der Waals surface area contributed by atoms with E-state index in [4.69, 9.17) is 10.5 Å². The van der Waals surface area contributed by atoms with Crippen molar-refractivity contribution in [2.24, 2.45) is 20.5 Å². The van der Waals surface area contributed by atoms with Crippen LogP contribution in [-0.2, 0) is 0 Å². The molecule has 200 valence electrons. The maximum Gasteiger partial charge on any atom is 0.151 e. The molecule has 40 heavy (non-hydrogen) atoms. The molecule has 0 aliphatic carbocycles. The second kappa shape index (κ2) is 11.1. The van der Waals surface area contributed by atoms with Gasteiger partial charge in [-0.2, -0.15) is 5.11 Å². The molecule has 0 fully saturated rings. The van der Waals surface area contributed by atoms with Gasteiger partial charge in [0.25, 0.3) is 0 Å². The predicted octanol–water partition coefficient (Wildman–Crippen LogP) is 9.03. The summed E-state index contributed by atoms with van der Waals surface area (Å²) in [4.78, 5) is 0. The van der Waals surface area contributed by atoms with Gasteiger partial charge in [-0.15, -0.1) is 15.3 Å². The van der Waals surface area contributed by atoms with Gasteiger partial charge >= 0.3 is 0 Å². The number of aromatic hydroxyl groups is 2. The summed E-state index contributed by atoms with van der Waals surface area (Å²) in [5.41, 5.74) is 11.5. The Labute approximate surface area is 231 Å². The molecular formula is C31H28N6O3. The first-order valence-corrected chi connectivity index (χ1v) is 12.5. The number of ether oxygens (including phenoxy) is 1. The molecule has 5 rings (SSSR count). The van der Waals surface area contributed by atoms with E-state index in [9.17, 15) is 10.2 Å². The van der Waals surface area contributed by atoms with Gasteiger partial charge in [0.1, 0.15) is 28.6 Å². The summed E-state index contributed by atoms with van der Waals surface area (Å²) >= 11 is 0. The number of aryl methyl sites for hydroxylation is 2. The minimum Gasteiger partial charge on any atom is -0.506 e. The number of methoxy groups -OCH3 is 1. The Bertz CT molecular complexity index is 1760. The van der Waals surface area contributed by atoms with Crippen molar-refractivity contribution in [3.63, 3.8) is 0 Å². The zero-order valence-corrected chi connectivity index (χ0v) is 22.3. The highest BCUT2D eigenvalue weighted by Crippen LogP contribution is 2.43. The minimum atomic E-state index is -0.154. The fraction of sp³-hybridized carbons (Fsp3) is 0.0968. The summed E-state index contributed by atoms with van der Waals surface area (Å²) in [5.74, 6) is 0.204. The van der Waals surface area contributed by atoms with E-state index < -0.39 is 0 Å². The molecule has 5 aromatic carbocycles. The monoisotopic (exact) mass is 532 g/mol. The molecule has 0 aliphatic rings. The largest absolute Gasteiger partial charge is 0.506 e. The summed E-state index contributed by atoms with van der Waals surface area (Å²) < 4.78 is 5.44. The molecule has 0 spiro atoms. The average molecular weight is 533 g/mol. The van der Waals surface area contributed by atoms with E-state index in [2.05, 4.69) is 25.8 Å². The smallest absolute Gasteiger partial charge is 0.151 e. The SMILES string of the molecule is COc1cc(N=Nc2c(C)cc3cc(Nc4ccc(N)cc4)ccc3c2O)c(O)cc1N=Nc1cccc(C)c1. The highest BCUT2D eigenvalue weighted by atomic mass is 16.5. The van der Waals surface area contributed by atoms with Crippen molar-refractivity contribution in [3.8, 4) is 17.2 Å². The van der Waals surface area contributed by atoms with Gasteiger partial charge in [-0.1, -0.05) is 12.1 Å². The van der Waals surface area contributed by atoms with Crippen molar-refractivity contribution >= 4 is 50.6 Å². The topological polar surface area (TPSA) is 137 Å². The Morgan fingerprint density at radius 2 is 1.50 bits per heavy atom. The number of nitrogens with two attached hydrogens (primary N) is 1. The van der Waals surface area contributed by atoms with Gasteiger partial charge in [0.05, 0.1) is 12.8 Å². The van der Waals surface area contributed by atoms with Gasteiger partial charge in [-0.05, 0) is 91.0 Å². The quantitative estimate of drug-likeness (QED) is 0.122. The molecule has 5 aromatic rings. The number of nitrogens with one attached hydrogen (secondary N) is 1. The second-order valence-corrected chi connectivity index (χ2v) is 9.33. The zero-order valence-electron chi connectivity index (χ0n) is 22.3. The van der Waals surface area contributed by atoms with Crippen molar-refractivity contribution in [3.05, 3.63) is 96.1 Å². The van der Waals surface area contributed by atoms with Crippen LogP contribution in [0, 0.1) is 13.8 Å². The fourth-order valence-electron chi connectivity index (χ4n) is 4.22. The number of phenols is 2. The summed E-state index contributed by atoms with van der Waals surface area (Å²) in [6, 6.07) is 25.5. The molecule has 0 radical (unpaired) electrons. The Hall–Kier alpha value is -5.44. The lowest BCUT2D eigenvalue weighted by Crippen LogP contribution is -1.91. The van der Waals surface area contributed by atoms with Crippen molar-refractivity contribution in [2.75, 3.05) is 18.2 Å². The van der Waals surface area contributed by atoms with Crippen molar-refractivity contribution in [2.45, 2.75) is 13.8 Å². The standard InChI is InChI=1S/C31H28N6O3/c1-18-5-4-6-24(13-18)34-36-27-16-28(38)26(17-29(27)40-3)35-37-30-19(2)14-20-15-23(11-12-25(20)31(30)39)33-22-9-7-21(32)8-10-22/h4-17,33,38-39H,32H2,1-3H3. The highest BCUT2D eigenvalue weighted by Gasteiger charge is 2.13. The highest BCUT2D eigenvalue weighted by molar-refractivity contribution is 5.96. The molecular weight excluding hydrogens is 504 g/mol. The van der Waals surface area contributed by atoms with Crippen LogP contribution in [0.1, 0.15) is 11.1 Å². The Balaban J connectivity index is 1.42. The van der Waals surface area contributed by atoms with E-state index in [1.165, 1.54) is 19.2 Å². The number of hydrogen-bond acceptors (Lipinski definition) is 9. The lowest BCUT2D eigenvalue weighted by molar-refractivity contribution is 0.413. The van der Waals surface area contributed by atoms with Gasteiger partial charge in [0.2, 0.25) is 0 Å². The minimum absolute atomic E-state index is 0.00665. The van der Waals surface area contributed by atoms with E-state index in [1.54, 1.807) is 0 Å². The fourth-order valence-corrected chi connectivity index (χ4v) is 4.22. The van der Waals surface area contributed by atoms with Crippen LogP contribution in [0.25, 0.3) is 10.8 Å². The van der Waals surface area contributed by atoms with Gasteiger partial charge in [0, 0.05) is 34.6 Å². The number of nitrogen functional groups attached to an aromatic ring is 1. The molecule has 0 aromatic heterocycles. The number of hydrogen-bond donors (Lipinski definition) is 4. The normalized spacial score (nSPS) is 11.5. The molecule has 0 bridgehead atoms. The molecule has 0 heterocycles. The lowest BCUT2D eigenvalue weighted by atomic mass is 10.0. The zero-order chi connectivity index (χ0) is 28.2. The van der Waals surface area contributed by atoms with Crippen LogP contribution in [0.2, 0.25) is 0 Å². The molecule has 9 heteroatoms. The summed E-state index contributed by atoms with van der Waals surface area (Å²) in [7, 11) is 1.49. The number of rotatable bonds is 7. The van der Waals surface area contributed by atoms with Gasteiger partial charge in [-0.25, -0.2) is 0 Å². The number of anilines is 3. The first-order valence-electron chi connectivity index (χ1n) is 12.5. The van der Waals surface area contributed by atoms with Crippen molar-refractivity contribution in [1.29, 1.82) is 0 Å². The average Bonchev–Trinajstić information content (AvgIpc) is 2.93. The van der Waals surface area contributed by atoms with Crippen molar-refractivity contribution < 1.29 is 14.9 Å². The van der Waals surface area contributed by atoms with E-state index in [0.29, 0.717) is 39.4 Å². The summed E-state index contributed by atoms with van der Waals surface area (Å²) in [5, 5.41) is 43.4. The van der Waals surface area contributed by atoms with Crippen LogP contribution in [0.5, 0.6) is 17.2 Å². The summed E-state index contributed by atoms with van der Waals surface area (Å²) in [6.07, 6.45) is 0. The van der Waals surface area contributed by atoms with E-state index in [-0.39, 0.29) is 17.2 Å². The third-order valence-corrected chi connectivity index (χ3v) is 6.28. The Morgan fingerprint density at radius 1 is 0.750 bits per heavy atom. The molecule has 0 aliphatic heterocycles. The third kappa shape index (κ3) is 5.68. The van der Waals surface area contributed by atoms with E-state index in [1.807, 2.05) is 86.6 Å². The molecule has 0 saturated heterocycles. The predicted molar refractivity (Wildman–Crippen MR) is 159 cm³/mol. The van der Waals surface area contributed by atoms with Crippen LogP contribution in [-0.4, -0.2) is 17.3 Å². The van der Waals surface area contributed by atoms with Crippen LogP contribution in [0.15, 0.2) is 105 Å². The number of nitrogens with zero attached hydrogens (tertiary/aromatic N) is 4. The lowest BCUT2D eigenvalue weighted by Gasteiger charge is -2.11. The number of fused-ring (bicyclic) bond motifs is 1. The molecule has 0 amide bonds. The van der Waals surface area contributed by atoms with Crippen LogP contribution in [0.3, 0.4) is 0 Å². The maximum atomic E-state index is 11.0. The first kappa shape index (κ1) is 26.2. The maximum absolute atomic E-state index is 11.0. The Morgan fingerprint density at radius 3 is 2.25 bits per heavy atom. The van der Waals surface area contributed by atoms with Crippen LogP contribution >= 0.6 is 0 Å². The molecule has 0 unspecified atom stereocenters. The molecule has 5 N–H and O–H groups in total. The summed E-state index contributed by atoms with van der Waals surface area (Å²) in [6.45, 7) is 3.81. The number of phenolic OH excluding ortho intramolecular Hbond substituents is 2. The number of benzene rings is 5. The van der Waals surface area contributed by atoms with Gasteiger partial charge < -0.3 is 26.0 Å². The molecule has 0 saturated carbocycles. The van der Waals surface area contributed by atoms with E-state index >= 15 is 0 Å². The van der Waals surface area contributed by atoms with E-state index in [0.717, 1.165) is 22.3 Å². The van der Waals surface area contributed by atoms with Gasteiger partial charge in [-0.3, -0.25) is 0 Å². The first-order chi connectivity index (χ1) is 19.3. The van der Waals surface area contributed by atoms with Crippen molar-refractivity contribution in [1.82, 2.24) is 0 Å². The third-order valence-electron chi connectivity index (χ3n) is 6.28. The molecule has 0 atom stereocenters. The second-order valence-electron chi connectivity index (χ2n) is 9.33.